The molecule has 0 radical (unpaired) electrons. The highest BCUT2D eigenvalue weighted by molar-refractivity contribution is 5.78. The molecule has 1 aromatic rings. The van der Waals surface area contributed by atoms with Crippen molar-refractivity contribution in [2.24, 2.45) is 0 Å². The lowest BCUT2D eigenvalue weighted by Crippen LogP contribution is -2.44. The maximum absolute atomic E-state index is 12.0. The molecule has 0 spiro atoms. The fraction of sp³-hybridized carbons (Fsp3) is 0.571. The summed E-state index contributed by atoms with van der Waals surface area (Å²) < 4.78 is 5.47. The maximum Gasteiger partial charge on any atom is 0.260 e. The van der Waals surface area contributed by atoms with Crippen molar-refractivity contribution in [2.75, 3.05) is 13.2 Å². The highest BCUT2D eigenvalue weighted by Crippen LogP contribution is 2.17. The number of amides is 1. The molecule has 0 aromatic carbocycles. The fourth-order valence-corrected chi connectivity index (χ4v) is 2.24. The minimum absolute atomic E-state index is 0.0720. The first-order valence-electron chi connectivity index (χ1n) is 6.52. The van der Waals surface area contributed by atoms with Gasteiger partial charge in [0.2, 0.25) is 0 Å². The zero-order chi connectivity index (χ0) is 13.0. The summed E-state index contributed by atoms with van der Waals surface area (Å²) in [4.78, 5) is 18.1. The molecule has 1 amide bonds. The van der Waals surface area contributed by atoms with E-state index in [4.69, 9.17) is 4.74 Å². The molecule has 0 aliphatic carbocycles. The van der Waals surface area contributed by atoms with Gasteiger partial charge in [-0.15, -0.1) is 0 Å². The lowest BCUT2D eigenvalue weighted by atomic mass is 10.0. The molecule has 2 heterocycles. The number of aromatic nitrogens is 1. The van der Waals surface area contributed by atoms with Crippen LogP contribution in [0.25, 0.3) is 0 Å². The van der Waals surface area contributed by atoms with Crippen molar-refractivity contribution in [3.05, 3.63) is 24.0 Å². The smallest absolute Gasteiger partial charge is 0.260 e. The summed E-state index contributed by atoms with van der Waals surface area (Å²) in [6.45, 7) is 4.99. The van der Waals surface area contributed by atoms with Crippen LogP contribution in [0.3, 0.4) is 0 Å². The van der Waals surface area contributed by atoms with Crippen LogP contribution in [-0.2, 0) is 4.79 Å². The van der Waals surface area contributed by atoms with Gasteiger partial charge in [0, 0.05) is 18.3 Å². The Labute approximate surface area is 108 Å². The Hall–Kier alpha value is -1.58. The van der Waals surface area contributed by atoms with E-state index in [0.29, 0.717) is 11.8 Å². The minimum Gasteiger partial charge on any atom is -0.482 e. The van der Waals surface area contributed by atoms with Gasteiger partial charge in [-0.3, -0.25) is 9.78 Å². The van der Waals surface area contributed by atoms with Gasteiger partial charge in [-0.25, -0.2) is 0 Å². The number of hydrogen-bond donors (Lipinski definition) is 0. The Morgan fingerprint density at radius 3 is 3.00 bits per heavy atom. The number of carbonyl (C=O) groups excluding carboxylic acids is 1. The van der Waals surface area contributed by atoms with Crippen LogP contribution in [0.4, 0.5) is 0 Å². The highest BCUT2D eigenvalue weighted by atomic mass is 16.5. The quantitative estimate of drug-likeness (QED) is 0.823. The van der Waals surface area contributed by atoms with Gasteiger partial charge in [-0.2, -0.15) is 0 Å². The van der Waals surface area contributed by atoms with Crippen LogP contribution in [0.15, 0.2) is 18.3 Å². The molecule has 1 aliphatic rings. The molecule has 98 valence electrons. The molecule has 1 atom stereocenters. The van der Waals surface area contributed by atoms with Crippen LogP contribution in [-0.4, -0.2) is 35.0 Å². The third-order valence-electron chi connectivity index (χ3n) is 3.37. The number of aryl methyl sites for hydroxylation is 1. The third-order valence-corrected chi connectivity index (χ3v) is 3.37. The van der Waals surface area contributed by atoms with E-state index in [-0.39, 0.29) is 12.5 Å². The summed E-state index contributed by atoms with van der Waals surface area (Å²) in [6.07, 6.45) is 5.07. The summed E-state index contributed by atoms with van der Waals surface area (Å²) in [5.41, 5.74) is 0.943. The monoisotopic (exact) mass is 248 g/mol. The topological polar surface area (TPSA) is 42.4 Å². The number of hydrogen-bond acceptors (Lipinski definition) is 3. The average molecular weight is 248 g/mol. The van der Waals surface area contributed by atoms with Gasteiger partial charge in [0.1, 0.15) is 5.75 Å². The molecule has 2 rings (SSSR count). The second-order valence-electron chi connectivity index (χ2n) is 4.86. The lowest BCUT2D eigenvalue weighted by Gasteiger charge is -2.33. The molecule has 4 heteroatoms. The van der Waals surface area contributed by atoms with Crippen LogP contribution in [0.2, 0.25) is 0 Å². The van der Waals surface area contributed by atoms with E-state index in [9.17, 15) is 4.79 Å². The van der Waals surface area contributed by atoms with E-state index >= 15 is 0 Å². The Kier molecular flexibility index (Phi) is 4.18. The summed E-state index contributed by atoms with van der Waals surface area (Å²) >= 11 is 0. The van der Waals surface area contributed by atoms with Crippen LogP contribution in [0.1, 0.15) is 31.9 Å². The molecular formula is C14H20N2O2. The minimum atomic E-state index is 0.0720. The predicted octanol–water partition coefficient (Wildman–Crippen LogP) is 2.17. The van der Waals surface area contributed by atoms with Gasteiger partial charge in [-0.05, 0) is 45.2 Å². The third kappa shape index (κ3) is 3.22. The maximum atomic E-state index is 12.0. The number of nitrogens with zero attached hydrogens (tertiary/aromatic N) is 2. The molecule has 4 nitrogen and oxygen atoms in total. The van der Waals surface area contributed by atoms with E-state index < -0.39 is 0 Å². The van der Waals surface area contributed by atoms with Crippen molar-refractivity contribution in [1.82, 2.24) is 9.88 Å². The first kappa shape index (κ1) is 12.9. The first-order valence-corrected chi connectivity index (χ1v) is 6.52. The van der Waals surface area contributed by atoms with Crippen molar-refractivity contribution in [3.63, 3.8) is 0 Å². The standard InChI is InChI=1S/C14H20N2O2/c1-11-6-7-13(9-15-11)18-10-14(17)16-8-4-3-5-12(16)2/h6-7,9,12H,3-5,8,10H2,1-2H3/t12-/m0/s1. The molecule has 1 saturated heterocycles. The molecule has 1 aliphatic heterocycles. The number of rotatable bonds is 3. The molecule has 1 aromatic heterocycles. The zero-order valence-electron chi connectivity index (χ0n) is 11.1. The Morgan fingerprint density at radius 1 is 1.50 bits per heavy atom. The predicted molar refractivity (Wildman–Crippen MR) is 69.5 cm³/mol. The summed E-state index contributed by atoms with van der Waals surface area (Å²) in [5.74, 6) is 0.724. The van der Waals surface area contributed by atoms with Crippen molar-refractivity contribution >= 4 is 5.91 Å². The Bertz CT molecular complexity index is 403. The highest BCUT2D eigenvalue weighted by Gasteiger charge is 2.23. The van der Waals surface area contributed by atoms with Crippen LogP contribution in [0, 0.1) is 6.92 Å². The molecule has 0 saturated carbocycles. The molecule has 1 fully saturated rings. The van der Waals surface area contributed by atoms with Gasteiger partial charge in [0.05, 0.1) is 6.20 Å². The van der Waals surface area contributed by atoms with E-state index in [1.807, 2.05) is 24.0 Å². The number of ether oxygens (including phenoxy) is 1. The van der Waals surface area contributed by atoms with Crippen molar-refractivity contribution in [2.45, 2.75) is 39.2 Å². The Morgan fingerprint density at radius 2 is 2.33 bits per heavy atom. The Balaban J connectivity index is 1.85. The van der Waals surface area contributed by atoms with Crippen LogP contribution in [0.5, 0.6) is 5.75 Å². The number of piperidine rings is 1. The normalized spacial score (nSPS) is 19.7. The molecule has 0 N–H and O–H groups in total. The largest absolute Gasteiger partial charge is 0.482 e. The zero-order valence-corrected chi connectivity index (χ0v) is 11.1. The second-order valence-corrected chi connectivity index (χ2v) is 4.86. The summed E-state index contributed by atoms with van der Waals surface area (Å²) in [6, 6.07) is 4.06. The average Bonchev–Trinajstić information content (AvgIpc) is 2.38. The summed E-state index contributed by atoms with van der Waals surface area (Å²) in [5, 5.41) is 0. The second kappa shape index (κ2) is 5.85. The number of likely N-dealkylation sites (tertiary alicyclic amines) is 1. The van der Waals surface area contributed by atoms with E-state index in [1.54, 1.807) is 6.20 Å². The van der Waals surface area contributed by atoms with Crippen molar-refractivity contribution < 1.29 is 9.53 Å². The van der Waals surface area contributed by atoms with Crippen molar-refractivity contribution in [1.29, 1.82) is 0 Å². The molecule has 18 heavy (non-hydrogen) atoms. The van der Waals surface area contributed by atoms with Gasteiger partial charge in [0.25, 0.3) is 5.91 Å². The summed E-state index contributed by atoms with van der Waals surface area (Å²) in [7, 11) is 0. The number of carbonyl (C=O) groups is 1. The van der Waals surface area contributed by atoms with E-state index in [2.05, 4.69) is 11.9 Å². The van der Waals surface area contributed by atoms with Crippen LogP contribution < -0.4 is 4.74 Å². The first-order chi connectivity index (χ1) is 8.66. The van der Waals surface area contributed by atoms with Crippen molar-refractivity contribution in [3.8, 4) is 5.75 Å². The van der Waals surface area contributed by atoms with Gasteiger partial charge >= 0.3 is 0 Å². The molecule has 0 bridgehead atoms. The van der Waals surface area contributed by atoms with Gasteiger partial charge in [0.15, 0.2) is 6.61 Å². The van der Waals surface area contributed by atoms with Gasteiger partial charge < -0.3 is 9.64 Å². The lowest BCUT2D eigenvalue weighted by molar-refractivity contribution is -0.136. The van der Waals surface area contributed by atoms with E-state index in [1.165, 1.54) is 6.42 Å². The molecule has 0 unspecified atom stereocenters. The van der Waals surface area contributed by atoms with Crippen LogP contribution >= 0.6 is 0 Å². The fourth-order valence-electron chi connectivity index (χ4n) is 2.24. The van der Waals surface area contributed by atoms with Gasteiger partial charge in [-0.1, -0.05) is 0 Å². The van der Waals surface area contributed by atoms with E-state index in [0.717, 1.165) is 25.1 Å². The number of pyridine rings is 1. The molecular weight excluding hydrogens is 228 g/mol. The SMILES string of the molecule is Cc1ccc(OCC(=O)N2CCCC[C@@H]2C)cn1.